The Morgan fingerprint density at radius 1 is 1.21 bits per heavy atom. The summed E-state index contributed by atoms with van der Waals surface area (Å²) in [5, 5.41) is 4.52. The molecule has 0 N–H and O–H groups in total. The molecule has 3 nitrogen and oxygen atoms in total. The van der Waals surface area contributed by atoms with Crippen LogP contribution in [-0.2, 0) is 5.41 Å². The van der Waals surface area contributed by atoms with Gasteiger partial charge in [-0.2, -0.15) is 5.10 Å². The third-order valence-electron chi connectivity index (χ3n) is 2.21. The Kier molecular flexibility index (Phi) is 1.84. The van der Waals surface area contributed by atoms with Crippen molar-refractivity contribution in [2.75, 3.05) is 0 Å². The van der Waals surface area contributed by atoms with Crippen molar-refractivity contribution in [2.45, 2.75) is 33.1 Å². The second-order valence-corrected chi connectivity index (χ2v) is 4.65. The first-order valence-electron chi connectivity index (χ1n) is 4.80. The van der Waals surface area contributed by atoms with Crippen LogP contribution in [0, 0.1) is 6.92 Å². The maximum Gasteiger partial charge on any atom is 0.153 e. The zero-order valence-corrected chi connectivity index (χ0v) is 9.07. The minimum Gasteiger partial charge on any atom is -0.232 e. The molecular formula is C11H15N3. The number of imidazole rings is 1. The van der Waals surface area contributed by atoms with Crippen LogP contribution in [0.5, 0.6) is 0 Å². The molecule has 0 atom stereocenters. The van der Waals surface area contributed by atoms with Gasteiger partial charge in [0.15, 0.2) is 5.65 Å². The zero-order valence-electron chi connectivity index (χ0n) is 9.07. The minimum atomic E-state index is 0.0896. The fourth-order valence-corrected chi connectivity index (χ4v) is 1.40. The molecule has 0 fully saturated rings. The first-order valence-corrected chi connectivity index (χ1v) is 4.80. The van der Waals surface area contributed by atoms with Crippen molar-refractivity contribution < 1.29 is 0 Å². The maximum absolute atomic E-state index is 4.52. The van der Waals surface area contributed by atoms with E-state index in [1.54, 1.807) is 0 Å². The van der Waals surface area contributed by atoms with Crippen molar-refractivity contribution in [1.82, 2.24) is 14.6 Å². The van der Waals surface area contributed by atoms with Crippen LogP contribution >= 0.6 is 0 Å². The molecule has 2 heterocycles. The van der Waals surface area contributed by atoms with E-state index >= 15 is 0 Å². The van der Waals surface area contributed by atoms with Gasteiger partial charge in [0.25, 0.3) is 0 Å². The summed E-state index contributed by atoms with van der Waals surface area (Å²) in [5.41, 5.74) is 3.09. The predicted molar refractivity (Wildman–Crippen MR) is 56.4 cm³/mol. The zero-order chi connectivity index (χ0) is 10.3. The predicted octanol–water partition coefficient (Wildman–Crippen LogP) is 2.34. The molecule has 0 saturated carbocycles. The lowest BCUT2D eigenvalue weighted by Gasteiger charge is -2.16. The van der Waals surface area contributed by atoms with Crippen LogP contribution in [0.25, 0.3) is 5.65 Å². The van der Waals surface area contributed by atoms with E-state index in [-0.39, 0.29) is 5.41 Å². The Hall–Kier alpha value is -1.38. The van der Waals surface area contributed by atoms with Gasteiger partial charge in [-0.3, -0.25) is 0 Å². The second-order valence-electron chi connectivity index (χ2n) is 4.65. The van der Waals surface area contributed by atoms with Crippen LogP contribution < -0.4 is 0 Å². The van der Waals surface area contributed by atoms with Crippen molar-refractivity contribution in [1.29, 1.82) is 0 Å². The van der Waals surface area contributed by atoms with Crippen molar-refractivity contribution in [3.05, 3.63) is 29.7 Å². The van der Waals surface area contributed by atoms with Crippen LogP contribution in [0.3, 0.4) is 0 Å². The van der Waals surface area contributed by atoms with Crippen molar-refractivity contribution in [3.8, 4) is 0 Å². The molecule has 0 amide bonds. The number of hydrogen-bond acceptors (Lipinski definition) is 2. The van der Waals surface area contributed by atoms with Gasteiger partial charge in [0.2, 0.25) is 0 Å². The number of hydrogen-bond donors (Lipinski definition) is 0. The van der Waals surface area contributed by atoms with Gasteiger partial charge in [-0.05, 0) is 19.1 Å². The lowest BCUT2D eigenvalue weighted by Crippen LogP contribution is -2.15. The van der Waals surface area contributed by atoms with E-state index < -0.39 is 0 Å². The molecule has 0 saturated heterocycles. The van der Waals surface area contributed by atoms with Gasteiger partial charge < -0.3 is 0 Å². The summed E-state index contributed by atoms with van der Waals surface area (Å²) in [7, 11) is 0. The Balaban J connectivity index is 2.62. The SMILES string of the molecule is Cc1cn2nc(C(C)(C)C)ccc2n1. The third kappa shape index (κ3) is 1.50. The molecule has 0 aromatic carbocycles. The highest BCUT2D eigenvalue weighted by molar-refractivity contribution is 5.39. The van der Waals surface area contributed by atoms with E-state index in [9.17, 15) is 0 Å². The van der Waals surface area contributed by atoms with E-state index in [1.165, 1.54) is 0 Å². The largest absolute Gasteiger partial charge is 0.232 e. The summed E-state index contributed by atoms with van der Waals surface area (Å²) in [4.78, 5) is 4.34. The van der Waals surface area contributed by atoms with Gasteiger partial charge in [0.05, 0.1) is 17.6 Å². The highest BCUT2D eigenvalue weighted by Gasteiger charge is 2.15. The van der Waals surface area contributed by atoms with Gasteiger partial charge in [-0.1, -0.05) is 20.8 Å². The third-order valence-corrected chi connectivity index (χ3v) is 2.21. The van der Waals surface area contributed by atoms with E-state index in [0.29, 0.717) is 0 Å². The fraction of sp³-hybridized carbons (Fsp3) is 0.455. The van der Waals surface area contributed by atoms with E-state index in [0.717, 1.165) is 17.0 Å². The van der Waals surface area contributed by atoms with Gasteiger partial charge in [-0.15, -0.1) is 0 Å². The first-order chi connectivity index (χ1) is 6.47. The van der Waals surface area contributed by atoms with Crippen molar-refractivity contribution in [3.63, 3.8) is 0 Å². The topological polar surface area (TPSA) is 30.2 Å². The molecule has 2 aromatic rings. The van der Waals surface area contributed by atoms with E-state index in [4.69, 9.17) is 0 Å². The van der Waals surface area contributed by atoms with Gasteiger partial charge in [-0.25, -0.2) is 9.50 Å². The van der Waals surface area contributed by atoms with E-state index in [1.807, 2.05) is 29.8 Å². The number of aromatic nitrogens is 3. The molecule has 0 unspecified atom stereocenters. The summed E-state index contributed by atoms with van der Waals surface area (Å²) >= 11 is 0. The molecule has 14 heavy (non-hydrogen) atoms. The number of rotatable bonds is 0. The quantitative estimate of drug-likeness (QED) is 0.636. The summed E-state index contributed by atoms with van der Waals surface area (Å²) in [6.07, 6.45) is 1.95. The fourth-order valence-electron chi connectivity index (χ4n) is 1.40. The number of fused-ring (bicyclic) bond motifs is 1. The molecule has 74 valence electrons. The smallest absolute Gasteiger partial charge is 0.153 e. The van der Waals surface area contributed by atoms with Crippen molar-refractivity contribution >= 4 is 5.65 Å². The average Bonchev–Trinajstić information content (AvgIpc) is 2.41. The molecule has 2 aromatic heterocycles. The van der Waals surface area contributed by atoms with Gasteiger partial charge >= 0.3 is 0 Å². The van der Waals surface area contributed by atoms with Crippen LogP contribution in [0.2, 0.25) is 0 Å². The van der Waals surface area contributed by atoms with Gasteiger partial charge in [0, 0.05) is 5.41 Å². The molecular weight excluding hydrogens is 174 g/mol. The molecule has 0 bridgehead atoms. The molecule has 0 aliphatic heterocycles. The first kappa shape index (κ1) is 9.19. The highest BCUT2D eigenvalue weighted by Crippen LogP contribution is 2.19. The molecule has 0 aliphatic carbocycles. The summed E-state index contributed by atoms with van der Waals surface area (Å²) < 4.78 is 1.84. The Labute approximate surface area is 83.8 Å². The summed E-state index contributed by atoms with van der Waals surface area (Å²) in [6.45, 7) is 8.45. The Morgan fingerprint density at radius 3 is 2.57 bits per heavy atom. The number of aryl methyl sites for hydroxylation is 1. The number of nitrogens with zero attached hydrogens (tertiary/aromatic N) is 3. The maximum atomic E-state index is 4.52. The lowest BCUT2D eigenvalue weighted by molar-refractivity contribution is 0.554. The van der Waals surface area contributed by atoms with Crippen molar-refractivity contribution in [2.24, 2.45) is 0 Å². The molecule has 0 radical (unpaired) electrons. The Bertz CT molecular complexity index is 463. The summed E-state index contributed by atoms with van der Waals surface area (Å²) in [6, 6.07) is 4.06. The standard InChI is InChI=1S/C11H15N3/c1-8-7-14-10(12-8)6-5-9(13-14)11(2,3)4/h5-7H,1-4H3. The summed E-state index contributed by atoms with van der Waals surface area (Å²) in [5.74, 6) is 0. The van der Waals surface area contributed by atoms with Crippen LogP contribution in [-0.4, -0.2) is 14.6 Å². The van der Waals surface area contributed by atoms with E-state index in [2.05, 4.69) is 30.9 Å². The minimum absolute atomic E-state index is 0.0896. The second kappa shape index (κ2) is 2.80. The highest BCUT2D eigenvalue weighted by atomic mass is 15.2. The average molecular weight is 189 g/mol. The van der Waals surface area contributed by atoms with Crippen LogP contribution in [0.4, 0.5) is 0 Å². The lowest BCUT2D eigenvalue weighted by atomic mass is 9.92. The van der Waals surface area contributed by atoms with Gasteiger partial charge in [0.1, 0.15) is 0 Å². The molecule has 0 spiro atoms. The molecule has 0 aliphatic rings. The normalized spacial score (nSPS) is 12.3. The molecule has 2 rings (SSSR count). The Morgan fingerprint density at radius 2 is 1.93 bits per heavy atom. The van der Waals surface area contributed by atoms with Crippen LogP contribution in [0.1, 0.15) is 32.2 Å². The van der Waals surface area contributed by atoms with Crippen LogP contribution in [0.15, 0.2) is 18.3 Å². The molecule has 3 heteroatoms. The monoisotopic (exact) mass is 189 g/mol.